The molecule has 3 atom stereocenters. The molecule has 0 saturated carbocycles. The summed E-state index contributed by atoms with van der Waals surface area (Å²) in [7, 11) is 0. The highest BCUT2D eigenvalue weighted by atomic mass is 16.7. The zero-order valence-electron chi connectivity index (χ0n) is 9.44. The predicted molar refractivity (Wildman–Crippen MR) is 54.5 cm³/mol. The molecule has 2 heterocycles. The van der Waals surface area contributed by atoms with Crippen molar-refractivity contribution in [3.63, 3.8) is 0 Å². The van der Waals surface area contributed by atoms with E-state index in [1.54, 1.807) is 0 Å². The number of aliphatic hydroxyl groups excluding tert-OH is 1. The highest BCUT2D eigenvalue weighted by Crippen LogP contribution is 2.33. The number of rotatable bonds is 3. The minimum absolute atomic E-state index is 0.0269. The van der Waals surface area contributed by atoms with E-state index in [1.807, 2.05) is 13.8 Å². The van der Waals surface area contributed by atoms with Gasteiger partial charge in [0.2, 0.25) is 0 Å². The van der Waals surface area contributed by atoms with Crippen molar-refractivity contribution in [2.45, 2.75) is 44.7 Å². The molecule has 0 aromatic carbocycles. The van der Waals surface area contributed by atoms with Crippen molar-refractivity contribution in [2.24, 2.45) is 5.92 Å². The molecule has 2 saturated heterocycles. The van der Waals surface area contributed by atoms with Gasteiger partial charge in [-0.3, -0.25) is 0 Å². The maximum Gasteiger partial charge on any atom is 0.163 e. The summed E-state index contributed by atoms with van der Waals surface area (Å²) in [5.41, 5.74) is 0. The molecule has 4 heteroatoms. The molecule has 2 unspecified atom stereocenters. The summed E-state index contributed by atoms with van der Waals surface area (Å²) in [6.45, 7) is 5.43. The topological polar surface area (TPSA) is 47.9 Å². The lowest BCUT2D eigenvalue weighted by Gasteiger charge is -2.24. The first-order valence-corrected chi connectivity index (χ1v) is 5.66. The van der Waals surface area contributed by atoms with Crippen LogP contribution in [0.1, 0.15) is 26.7 Å². The van der Waals surface area contributed by atoms with Crippen molar-refractivity contribution in [1.82, 2.24) is 0 Å². The second-order valence-electron chi connectivity index (χ2n) is 4.76. The maximum absolute atomic E-state index is 8.96. The molecular weight excluding hydrogens is 196 g/mol. The van der Waals surface area contributed by atoms with E-state index in [1.165, 1.54) is 0 Å². The summed E-state index contributed by atoms with van der Waals surface area (Å²) in [4.78, 5) is 0. The lowest BCUT2D eigenvalue weighted by atomic mass is 9.94. The van der Waals surface area contributed by atoms with Gasteiger partial charge in [-0.15, -0.1) is 0 Å². The van der Waals surface area contributed by atoms with Gasteiger partial charge in [0.15, 0.2) is 5.79 Å². The average molecular weight is 216 g/mol. The quantitative estimate of drug-likeness (QED) is 0.762. The number of aliphatic hydroxyl groups is 1. The molecule has 0 aliphatic carbocycles. The van der Waals surface area contributed by atoms with Gasteiger partial charge < -0.3 is 19.3 Å². The minimum Gasteiger partial charge on any atom is -0.396 e. The molecule has 4 nitrogen and oxygen atoms in total. The zero-order chi connectivity index (χ0) is 10.9. The van der Waals surface area contributed by atoms with Crippen molar-refractivity contribution in [1.29, 1.82) is 0 Å². The largest absolute Gasteiger partial charge is 0.396 e. The van der Waals surface area contributed by atoms with E-state index < -0.39 is 5.79 Å². The molecule has 0 aromatic rings. The van der Waals surface area contributed by atoms with Crippen LogP contribution in [-0.4, -0.2) is 42.9 Å². The van der Waals surface area contributed by atoms with Gasteiger partial charge >= 0.3 is 0 Å². The van der Waals surface area contributed by atoms with E-state index in [2.05, 4.69) is 0 Å². The van der Waals surface area contributed by atoms with E-state index in [-0.39, 0.29) is 18.8 Å². The second kappa shape index (κ2) is 4.37. The van der Waals surface area contributed by atoms with E-state index in [0.717, 1.165) is 19.4 Å². The summed E-state index contributed by atoms with van der Waals surface area (Å²) in [5.74, 6) is -0.0714. The standard InChI is InChI=1S/C11H20O4/c1-11(2)14-7-9(15-11)10-8(3-5-12)4-6-13-10/h8-10,12H,3-7H2,1-2H3/t8?,9-,10?/m1/s1. The van der Waals surface area contributed by atoms with Gasteiger partial charge in [-0.25, -0.2) is 0 Å². The highest BCUT2D eigenvalue weighted by Gasteiger charge is 2.42. The smallest absolute Gasteiger partial charge is 0.163 e. The third-order valence-electron chi connectivity index (χ3n) is 3.16. The van der Waals surface area contributed by atoms with E-state index in [9.17, 15) is 0 Å². The third-order valence-corrected chi connectivity index (χ3v) is 3.16. The van der Waals surface area contributed by atoms with Crippen LogP contribution in [0.2, 0.25) is 0 Å². The Bertz CT molecular complexity index is 217. The molecule has 1 N–H and O–H groups in total. The Morgan fingerprint density at radius 2 is 2.20 bits per heavy atom. The molecule has 2 aliphatic heterocycles. The highest BCUT2D eigenvalue weighted by molar-refractivity contribution is 4.86. The molecule has 0 aromatic heterocycles. The molecule has 0 spiro atoms. The van der Waals surface area contributed by atoms with Crippen molar-refractivity contribution in [2.75, 3.05) is 19.8 Å². The lowest BCUT2D eigenvalue weighted by molar-refractivity contribution is -0.155. The molecule has 15 heavy (non-hydrogen) atoms. The van der Waals surface area contributed by atoms with Gasteiger partial charge in [0.25, 0.3) is 0 Å². The fourth-order valence-corrected chi connectivity index (χ4v) is 2.42. The summed E-state index contributed by atoms with van der Waals surface area (Å²) >= 11 is 0. The van der Waals surface area contributed by atoms with Crippen LogP contribution in [-0.2, 0) is 14.2 Å². The fraction of sp³-hybridized carbons (Fsp3) is 1.00. The fourth-order valence-electron chi connectivity index (χ4n) is 2.42. The summed E-state index contributed by atoms with van der Waals surface area (Å²) in [6.07, 6.45) is 1.94. The van der Waals surface area contributed by atoms with Gasteiger partial charge in [-0.2, -0.15) is 0 Å². The van der Waals surface area contributed by atoms with Gasteiger partial charge in [0.05, 0.1) is 12.7 Å². The first-order valence-electron chi connectivity index (χ1n) is 5.66. The summed E-state index contributed by atoms with van der Waals surface area (Å²) in [5, 5.41) is 8.96. The monoisotopic (exact) mass is 216 g/mol. The van der Waals surface area contributed by atoms with Crippen LogP contribution in [0.15, 0.2) is 0 Å². The van der Waals surface area contributed by atoms with Gasteiger partial charge in [-0.1, -0.05) is 0 Å². The van der Waals surface area contributed by atoms with Crippen molar-refractivity contribution < 1.29 is 19.3 Å². The van der Waals surface area contributed by atoms with Crippen LogP contribution in [0.5, 0.6) is 0 Å². The average Bonchev–Trinajstić information content (AvgIpc) is 2.72. The molecule has 0 amide bonds. The Balaban J connectivity index is 1.93. The minimum atomic E-state index is -0.486. The Kier molecular flexibility index (Phi) is 3.30. The number of hydrogen-bond donors (Lipinski definition) is 1. The summed E-state index contributed by atoms with van der Waals surface area (Å²) < 4.78 is 17.0. The SMILES string of the molecule is CC1(C)OC[C@H](C2OCCC2CCO)O1. The van der Waals surface area contributed by atoms with Crippen LogP contribution < -0.4 is 0 Å². The maximum atomic E-state index is 8.96. The molecular formula is C11H20O4. The molecule has 0 bridgehead atoms. The van der Waals surface area contributed by atoms with E-state index in [4.69, 9.17) is 19.3 Å². The zero-order valence-corrected chi connectivity index (χ0v) is 9.44. The van der Waals surface area contributed by atoms with Crippen molar-refractivity contribution in [3.8, 4) is 0 Å². The van der Waals surface area contributed by atoms with Gasteiger partial charge in [0, 0.05) is 13.2 Å². The molecule has 0 radical (unpaired) electrons. The normalized spacial score (nSPS) is 39.8. The van der Waals surface area contributed by atoms with Crippen LogP contribution in [0, 0.1) is 5.92 Å². The van der Waals surface area contributed by atoms with Crippen molar-refractivity contribution >= 4 is 0 Å². The summed E-state index contributed by atoms with van der Waals surface area (Å²) in [6, 6.07) is 0. The van der Waals surface area contributed by atoms with Crippen molar-refractivity contribution in [3.05, 3.63) is 0 Å². The predicted octanol–water partition coefficient (Wildman–Crippen LogP) is 0.925. The Labute approximate surface area is 90.5 Å². The Morgan fingerprint density at radius 3 is 2.80 bits per heavy atom. The number of ether oxygens (including phenoxy) is 3. The third kappa shape index (κ3) is 2.50. The van der Waals surface area contributed by atoms with E-state index >= 15 is 0 Å². The molecule has 2 rings (SSSR count). The lowest BCUT2D eigenvalue weighted by Crippen LogP contribution is -2.35. The van der Waals surface area contributed by atoms with Crippen LogP contribution in [0.25, 0.3) is 0 Å². The molecule has 2 aliphatic rings. The first kappa shape index (κ1) is 11.3. The Hall–Kier alpha value is -0.160. The van der Waals surface area contributed by atoms with Gasteiger partial charge in [-0.05, 0) is 32.6 Å². The van der Waals surface area contributed by atoms with Crippen LogP contribution in [0.3, 0.4) is 0 Å². The van der Waals surface area contributed by atoms with Crippen LogP contribution in [0.4, 0.5) is 0 Å². The number of hydrogen-bond acceptors (Lipinski definition) is 4. The van der Waals surface area contributed by atoms with Gasteiger partial charge in [0.1, 0.15) is 6.10 Å². The van der Waals surface area contributed by atoms with Crippen LogP contribution >= 0.6 is 0 Å². The van der Waals surface area contributed by atoms with E-state index in [0.29, 0.717) is 12.5 Å². The first-order chi connectivity index (χ1) is 7.12. The second-order valence-corrected chi connectivity index (χ2v) is 4.76. The molecule has 2 fully saturated rings. The molecule has 88 valence electrons. The Morgan fingerprint density at radius 1 is 1.40 bits per heavy atom.